The van der Waals surface area contributed by atoms with Gasteiger partial charge in [-0.2, -0.15) is 0 Å². The molecule has 30 heavy (non-hydrogen) atoms. The molecule has 0 aromatic heterocycles. The molecule has 1 saturated carbocycles. The van der Waals surface area contributed by atoms with Crippen LogP contribution >= 0.6 is 0 Å². The van der Waals surface area contributed by atoms with Gasteiger partial charge in [0, 0.05) is 31.7 Å². The van der Waals surface area contributed by atoms with Crippen LogP contribution in [0.5, 0.6) is 0 Å². The lowest BCUT2D eigenvalue weighted by Gasteiger charge is -2.36. The number of hydrogen-bond donors (Lipinski definition) is 3. The maximum Gasteiger partial charge on any atom is 0.315 e. The summed E-state index contributed by atoms with van der Waals surface area (Å²) in [6.45, 7) is 6.42. The van der Waals surface area contributed by atoms with Crippen LogP contribution in [0.3, 0.4) is 0 Å². The molecule has 1 aromatic rings. The third kappa shape index (κ3) is 6.73. The van der Waals surface area contributed by atoms with Crippen LogP contribution in [-0.2, 0) is 4.79 Å². The Morgan fingerprint density at radius 2 is 1.53 bits per heavy atom. The minimum Gasteiger partial charge on any atom is -0.354 e. The lowest BCUT2D eigenvalue weighted by molar-refractivity contribution is -0.126. The highest BCUT2D eigenvalue weighted by molar-refractivity contribution is 5.81. The zero-order valence-corrected chi connectivity index (χ0v) is 18.5. The monoisotopic (exact) mass is 414 g/mol. The van der Waals surface area contributed by atoms with E-state index < -0.39 is 0 Å². The smallest absolute Gasteiger partial charge is 0.315 e. The molecule has 3 N–H and O–H groups in total. The Labute approximate surface area is 181 Å². The number of nitrogens with one attached hydrogen (secondary N) is 3. The summed E-state index contributed by atoms with van der Waals surface area (Å²) in [5.41, 5.74) is 1.24. The molecule has 0 bridgehead atoms. The topological polar surface area (TPSA) is 73.5 Å². The van der Waals surface area contributed by atoms with Crippen LogP contribution in [0.2, 0.25) is 0 Å². The molecule has 1 aliphatic carbocycles. The molecular formula is C24H38N4O2. The maximum absolute atomic E-state index is 12.6. The van der Waals surface area contributed by atoms with Gasteiger partial charge in [0.1, 0.15) is 0 Å². The first-order chi connectivity index (χ1) is 14.5. The van der Waals surface area contributed by atoms with Crippen molar-refractivity contribution in [2.24, 2.45) is 0 Å². The summed E-state index contributed by atoms with van der Waals surface area (Å²) in [5, 5.41) is 9.37. The van der Waals surface area contributed by atoms with Gasteiger partial charge in [0.2, 0.25) is 5.91 Å². The molecule has 0 radical (unpaired) electrons. The number of benzene rings is 1. The molecule has 166 valence electrons. The Balaban J connectivity index is 1.35. The molecule has 3 amide bonds. The summed E-state index contributed by atoms with van der Waals surface area (Å²) in [6.07, 6.45) is 7.69. The fourth-order valence-corrected chi connectivity index (χ4v) is 4.56. The highest BCUT2D eigenvalue weighted by Crippen LogP contribution is 2.18. The SMILES string of the molecule is CC(CNC(=O)C(C)N1CCC(NC(=O)NC2CCCCC2)CC1)c1ccccc1. The Morgan fingerprint density at radius 1 is 0.933 bits per heavy atom. The number of piperidine rings is 1. The van der Waals surface area contributed by atoms with Crippen LogP contribution in [0.4, 0.5) is 4.79 Å². The van der Waals surface area contributed by atoms with Crippen molar-refractivity contribution < 1.29 is 9.59 Å². The first-order valence-corrected chi connectivity index (χ1v) is 11.7. The standard InChI is InChI=1S/C24H38N4O2/c1-18(20-9-5-3-6-10-20)17-25-23(29)19(2)28-15-13-22(14-16-28)27-24(30)26-21-11-7-4-8-12-21/h3,5-6,9-10,18-19,21-22H,4,7-8,11-17H2,1-2H3,(H,25,29)(H2,26,27,30). The number of amides is 3. The van der Waals surface area contributed by atoms with E-state index in [0.717, 1.165) is 38.8 Å². The summed E-state index contributed by atoms with van der Waals surface area (Å²) >= 11 is 0. The zero-order chi connectivity index (χ0) is 21.3. The second kappa shape index (κ2) is 11.3. The normalized spacial score (nSPS) is 20.9. The predicted molar refractivity (Wildman–Crippen MR) is 120 cm³/mol. The summed E-state index contributed by atoms with van der Waals surface area (Å²) < 4.78 is 0. The molecule has 1 heterocycles. The molecule has 6 nitrogen and oxygen atoms in total. The van der Waals surface area contributed by atoms with Gasteiger partial charge in [-0.25, -0.2) is 4.79 Å². The van der Waals surface area contributed by atoms with Crippen molar-refractivity contribution in [2.75, 3.05) is 19.6 Å². The quantitative estimate of drug-likeness (QED) is 0.640. The number of carbonyl (C=O) groups excluding carboxylic acids is 2. The van der Waals surface area contributed by atoms with Crippen molar-refractivity contribution in [3.63, 3.8) is 0 Å². The lowest BCUT2D eigenvalue weighted by atomic mass is 9.96. The Bertz CT molecular complexity index is 667. The largest absolute Gasteiger partial charge is 0.354 e. The first-order valence-electron chi connectivity index (χ1n) is 11.7. The minimum atomic E-state index is -0.148. The lowest BCUT2D eigenvalue weighted by Crippen LogP contribution is -2.53. The summed E-state index contributed by atoms with van der Waals surface area (Å²) in [6, 6.07) is 10.6. The molecule has 1 aliphatic heterocycles. The van der Waals surface area contributed by atoms with Crippen LogP contribution in [0, 0.1) is 0 Å². The van der Waals surface area contributed by atoms with Crippen LogP contribution in [0.25, 0.3) is 0 Å². The van der Waals surface area contributed by atoms with Crippen molar-refractivity contribution in [2.45, 2.75) is 82.8 Å². The highest BCUT2D eigenvalue weighted by atomic mass is 16.2. The van der Waals surface area contributed by atoms with Crippen molar-refractivity contribution in [3.8, 4) is 0 Å². The molecule has 2 atom stereocenters. The second-order valence-electron chi connectivity index (χ2n) is 9.00. The van der Waals surface area contributed by atoms with E-state index in [1.807, 2.05) is 25.1 Å². The molecular weight excluding hydrogens is 376 g/mol. The van der Waals surface area contributed by atoms with E-state index in [9.17, 15) is 9.59 Å². The van der Waals surface area contributed by atoms with Gasteiger partial charge >= 0.3 is 6.03 Å². The Kier molecular flexibility index (Phi) is 8.55. The molecule has 3 rings (SSSR count). The number of hydrogen-bond acceptors (Lipinski definition) is 3. The van der Waals surface area contributed by atoms with Gasteiger partial charge in [-0.05, 0) is 44.1 Å². The van der Waals surface area contributed by atoms with E-state index >= 15 is 0 Å². The first kappa shape index (κ1) is 22.6. The minimum absolute atomic E-state index is 0.0268. The van der Waals surface area contributed by atoms with Crippen molar-refractivity contribution in [1.29, 1.82) is 0 Å². The van der Waals surface area contributed by atoms with Crippen LogP contribution in [0.15, 0.2) is 30.3 Å². The van der Waals surface area contributed by atoms with Gasteiger partial charge in [0.05, 0.1) is 6.04 Å². The van der Waals surface area contributed by atoms with E-state index in [-0.39, 0.29) is 24.0 Å². The molecule has 2 unspecified atom stereocenters. The highest BCUT2D eigenvalue weighted by Gasteiger charge is 2.28. The van der Waals surface area contributed by atoms with Gasteiger partial charge in [-0.1, -0.05) is 56.5 Å². The van der Waals surface area contributed by atoms with Crippen molar-refractivity contribution in [1.82, 2.24) is 20.9 Å². The molecule has 0 spiro atoms. The van der Waals surface area contributed by atoms with Crippen molar-refractivity contribution in [3.05, 3.63) is 35.9 Å². The van der Waals surface area contributed by atoms with Gasteiger partial charge < -0.3 is 16.0 Å². The van der Waals surface area contributed by atoms with Gasteiger partial charge in [-0.15, -0.1) is 0 Å². The van der Waals surface area contributed by atoms with Gasteiger partial charge in [-0.3, -0.25) is 9.69 Å². The number of rotatable bonds is 7. The zero-order valence-electron chi connectivity index (χ0n) is 18.5. The maximum atomic E-state index is 12.6. The van der Waals surface area contributed by atoms with Gasteiger partial charge in [0.15, 0.2) is 0 Å². The molecule has 6 heteroatoms. The summed E-state index contributed by atoms with van der Waals surface area (Å²) in [5.74, 6) is 0.374. The number of likely N-dealkylation sites (tertiary alicyclic amines) is 1. The average molecular weight is 415 g/mol. The fraction of sp³-hybridized carbons (Fsp3) is 0.667. The predicted octanol–water partition coefficient (Wildman–Crippen LogP) is 3.39. The van der Waals surface area contributed by atoms with E-state index in [1.54, 1.807) is 0 Å². The summed E-state index contributed by atoms with van der Waals surface area (Å²) in [4.78, 5) is 27.1. The van der Waals surface area contributed by atoms with E-state index in [4.69, 9.17) is 0 Å². The van der Waals surface area contributed by atoms with Crippen LogP contribution < -0.4 is 16.0 Å². The van der Waals surface area contributed by atoms with Crippen LogP contribution in [0.1, 0.15) is 70.3 Å². The number of carbonyl (C=O) groups is 2. The summed E-state index contributed by atoms with van der Waals surface area (Å²) in [7, 11) is 0. The Hall–Kier alpha value is -2.08. The number of urea groups is 1. The molecule has 2 fully saturated rings. The van der Waals surface area contributed by atoms with E-state index in [0.29, 0.717) is 18.5 Å². The van der Waals surface area contributed by atoms with Crippen LogP contribution in [-0.4, -0.2) is 54.6 Å². The molecule has 1 aromatic carbocycles. The van der Waals surface area contributed by atoms with E-state index in [2.05, 4.69) is 39.9 Å². The third-order valence-corrected chi connectivity index (χ3v) is 6.68. The van der Waals surface area contributed by atoms with E-state index in [1.165, 1.54) is 24.8 Å². The second-order valence-corrected chi connectivity index (χ2v) is 9.00. The number of nitrogens with zero attached hydrogens (tertiary/aromatic N) is 1. The molecule has 2 aliphatic rings. The van der Waals surface area contributed by atoms with Crippen molar-refractivity contribution >= 4 is 11.9 Å². The third-order valence-electron chi connectivity index (χ3n) is 6.68. The fourth-order valence-electron chi connectivity index (χ4n) is 4.56. The molecule has 1 saturated heterocycles. The Morgan fingerprint density at radius 3 is 2.17 bits per heavy atom. The van der Waals surface area contributed by atoms with Gasteiger partial charge in [0.25, 0.3) is 0 Å². The average Bonchev–Trinajstić information content (AvgIpc) is 2.78.